The highest BCUT2D eigenvalue weighted by Gasteiger charge is 2.45. The quantitative estimate of drug-likeness (QED) is 0.794. The third kappa shape index (κ3) is 3.52. The first-order valence-electron chi connectivity index (χ1n) is 11.3. The molecule has 0 spiro atoms. The maximum absolute atomic E-state index is 13.2. The molecule has 4 nitrogen and oxygen atoms in total. The van der Waals surface area contributed by atoms with Crippen LogP contribution in [0.4, 0.5) is 0 Å². The van der Waals surface area contributed by atoms with Crippen molar-refractivity contribution in [1.29, 1.82) is 0 Å². The van der Waals surface area contributed by atoms with Gasteiger partial charge >= 0.3 is 0 Å². The molecule has 3 aliphatic heterocycles. The number of hydrogen-bond acceptors (Lipinski definition) is 2. The first kappa shape index (κ1) is 18.9. The largest absolute Gasteiger partial charge is 0.354 e. The van der Waals surface area contributed by atoms with Gasteiger partial charge in [0.05, 0.1) is 5.56 Å². The summed E-state index contributed by atoms with van der Waals surface area (Å²) in [5, 5.41) is 0. The van der Waals surface area contributed by atoms with Crippen LogP contribution in [0.15, 0.2) is 42.6 Å². The number of carbonyl (C=O) groups is 1. The Balaban J connectivity index is 1.32. The normalized spacial score (nSPS) is 29.5. The van der Waals surface area contributed by atoms with Gasteiger partial charge in [-0.15, -0.1) is 0 Å². The van der Waals surface area contributed by atoms with Gasteiger partial charge in [-0.25, -0.2) is 0 Å². The van der Waals surface area contributed by atoms with Crippen LogP contribution >= 0.6 is 0 Å². The maximum atomic E-state index is 13.2. The van der Waals surface area contributed by atoms with E-state index in [1.807, 2.05) is 19.3 Å². The van der Waals surface area contributed by atoms with Crippen LogP contribution in [0.3, 0.4) is 0 Å². The van der Waals surface area contributed by atoms with E-state index in [1.54, 1.807) is 0 Å². The minimum Gasteiger partial charge on any atom is -0.354 e. The van der Waals surface area contributed by atoms with Crippen LogP contribution in [0.2, 0.25) is 0 Å². The molecule has 29 heavy (non-hydrogen) atoms. The second-order valence-corrected chi connectivity index (χ2v) is 9.54. The zero-order valence-corrected chi connectivity index (χ0v) is 17.8. The zero-order chi connectivity index (χ0) is 20.0. The summed E-state index contributed by atoms with van der Waals surface area (Å²) in [5.74, 6) is 1.49. The Hall–Kier alpha value is -2.07. The van der Waals surface area contributed by atoms with Gasteiger partial charge in [0.15, 0.2) is 0 Å². The molecule has 1 amide bonds. The van der Waals surface area contributed by atoms with E-state index in [4.69, 9.17) is 0 Å². The molecule has 0 unspecified atom stereocenters. The summed E-state index contributed by atoms with van der Waals surface area (Å²) in [6.07, 6.45) is 8.42. The van der Waals surface area contributed by atoms with Crippen molar-refractivity contribution in [2.45, 2.75) is 51.1 Å². The predicted molar refractivity (Wildman–Crippen MR) is 116 cm³/mol. The molecule has 4 heterocycles. The lowest BCUT2D eigenvalue weighted by atomic mass is 9.74. The van der Waals surface area contributed by atoms with E-state index in [1.165, 1.54) is 37.7 Å². The predicted octanol–water partition coefficient (Wildman–Crippen LogP) is 3.89. The average molecular weight is 392 g/mol. The number of likely N-dealkylation sites (tertiary alicyclic amines) is 1. The van der Waals surface area contributed by atoms with Crippen molar-refractivity contribution < 1.29 is 4.79 Å². The van der Waals surface area contributed by atoms with Crippen LogP contribution in [-0.4, -0.2) is 52.0 Å². The highest BCUT2D eigenvalue weighted by molar-refractivity contribution is 5.95. The molecule has 2 aromatic rings. The molecule has 2 bridgehead atoms. The van der Waals surface area contributed by atoms with E-state index in [0.717, 1.165) is 30.9 Å². The number of nitrogens with zero attached hydrogens (tertiary/aromatic N) is 3. The Labute approximate surface area is 174 Å². The number of benzene rings is 1. The fraction of sp³-hybridized carbons (Fsp3) is 0.560. The third-order valence-corrected chi connectivity index (χ3v) is 7.73. The first-order chi connectivity index (χ1) is 14.1. The van der Waals surface area contributed by atoms with Crippen LogP contribution in [-0.2, 0) is 13.5 Å². The van der Waals surface area contributed by atoms with E-state index < -0.39 is 0 Å². The van der Waals surface area contributed by atoms with Crippen LogP contribution in [0.1, 0.15) is 47.3 Å². The summed E-state index contributed by atoms with van der Waals surface area (Å²) in [7, 11) is 2.02. The molecule has 4 atom stereocenters. The SMILES string of the molecule is Cc1c(C(=O)N2C[C@@H]3C[C@H](C2)[C@@H]2CCC[C@H](Cc4ccccc4)N2C3)ccn1C. The lowest BCUT2D eigenvalue weighted by molar-refractivity contribution is -0.0499. The van der Waals surface area contributed by atoms with E-state index >= 15 is 0 Å². The van der Waals surface area contributed by atoms with E-state index in [2.05, 4.69) is 51.6 Å². The molecule has 5 rings (SSSR count). The molecule has 4 heteroatoms. The van der Waals surface area contributed by atoms with Crippen molar-refractivity contribution in [3.8, 4) is 0 Å². The van der Waals surface area contributed by atoms with E-state index in [0.29, 0.717) is 23.9 Å². The van der Waals surface area contributed by atoms with Crippen molar-refractivity contribution in [3.05, 3.63) is 59.4 Å². The van der Waals surface area contributed by atoms with Gasteiger partial charge in [0.25, 0.3) is 5.91 Å². The van der Waals surface area contributed by atoms with Crippen molar-refractivity contribution in [2.75, 3.05) is 19.6 Å². The fourth-order valence-electron chi connectivity index (χ4n) is 6.19. The van der Waals surface area contributed by atoms with E-state index in [-0.39, 0.29) is 5.91 Å². The topological polar surface area (TPSA) is 28.5 Å². The Bertz CT molecular complexity index is 873. The van der Waals surface area contributed by atoms with Crippen molar-refractivity contribution in [3.63, 3.8) is 0 Å². The number of piperidine rings is 3. The number of carbonyl (C=O) groups excluding carboxylic acids is 1. The Morgan fingerprint density at radius 1 is 1.07 bits per heavy atom. The number of hydrogen-bond donors (Lipinski definition) is 0. The number of rotatable bonds is 3. The minimum atomic E-state index is 0.239. The molecular formula is C25H33N3O. The molecule has 1 aromatic carbocycles. The number of aryl methyl sites for hydroxylation is 1. The second-order valence-electron chi connectivity index (χ2n) is 9.54. The summed E-state index contributed by atoms with van der Waals surface area (Å²) in [4.78, 5) is 18.2. The van der Waals surface area contributed by atoms with Gasteiger partial charge in [0, 0.05) is 50.7 Å². The summed E-state index contributed by atoms with van der Waals surface area (Å²) in [5.41, 5.74) is 3.42. The maximum Gasteiger partial charge on any atom is 0.255 e. The molecule has 3 aliphatic rings. The molecule has 0 saturated carbocycles. The van der Waals surface area contributed by atoms with Crippen molar-refractivity contribution in [2.24, 2.45) is 18.9 Å². The van der Waals surface area contributed by atoms with Gasteiger partial charge in [-0.2, -0.15) is 0 Å². The van der Waals surface area contributed by atoms with Crippen molar-refractivity contribution >= 4 is 5.91 Å². The Morgan fingerprint density at radius 3 is 2.66 bits per heavy atom. The number of amides is 1. The van der Waals surface area contributed by atoms with Gasteiger partial charge in [0.2, 0.25) is 0 Å². The summed E-state index contributed by atoms with van der Waals surface area (Å²) < 4.78 is 2.05. The zero-order valence-electron chi connectivity index (χ0n) is 17.8. The van der Waals surface area contributed by atoms with Gasteiger partial charge in [-0.05, 0) is 56.1 Å². The molecule has 1 aromatic heterocycles. The van der Waals surface area contributed by atoms with Crippen LogP contribution in [0.25, 0.3) is 0 Å². The number of fused-ring (bicyclic) bond motifs is 4. The Morgan fingerprint density at radius 2 is 1.90 bits per heavy atom. The highest BCUT2D eigenvalue weighted by atomic mass is 16.2. The molecule has 154 valence electrons. The molecule has 3 saturated heterocycles. The smallest absolute Gasteiger partial charge is 0.255 e. The van der Waals surface area contributed by atoms with Crippen LogP contribution in [0, 0.1) is 18.8 Å². The third-order valence-electron chi connectivity index (χ3n) is 7.73. The lowest BCUT2D eigenvalue weighted by Gasteiger charge is -2.55. The highest BCUT2D eigenvalue weighted by Crippen LogP contribution is 2.40. The summed E-state index contributed by atoms with van der Waals surface area (Å²) in [6, 6.07) is 14.3. The average Bonchev–Trinajstić information content (AvgIpc) is 3.07. The molecule has 0 radical (unpaired) electrons. The fourth-order valence-corrected chi connectivity index (χ4v) is 6.19. The minimum absolute atomic E-state index is 0.239. The van der Waals surface area contributed by atoms with Crippen LogP contribution in [0.5, 0.6) is 0 Å². The standard InChI is InChI=1S/C25H33N3O/c1-18-23(11-12-26(18)2)25(29)27-15-20-13-21(17-27)24-10-6-9-22(28(24)16-20)14-19-7-4-3-5-8-19/h3-5,7-8,11-12,20-22,24H,6,9-10,13-17H2,1-2H3/t20-,21+,22+,24-/m0/s1. The van der Waals surface area contributed by atoms with Gasteiger partial charge in [0.1, 0.15) is 0 Å². The lowest BCUT2D eigenvalue weighted by Crippen LogP contribution is -2.62. The van der Waals surface area contributed by atoms with Gasteiger partial charge in [-0.1, -0.05) is 36.8 Å². The molecule has 3 fully saturated rings. The Kier molecular flexibility index (Phi) is 4.99. The van der Waals surface area contributed by atoms with Gasteiger partial charge in [-0.3, -0.25) is 9.69 Å². The monoisotopic (exact) mass is 391 g/mol. The summed E-state index contributed by atoms with van der Waals surface area (Å²) in [6.45, 7) is 5.07. The molecule has 0 N–H and O–H groups in total. The molecule has 0 aliphatic carbocycles. The summed E-state index contributed by atoms with van der Waals surface area (Å²) >= 11 is 0. The van der Waals surface area contributed by atoms with Crippen molar-refractivity contribution in [1.82, 2.24) is 14.4 Å². The van der Waals surface area contributed by atoms with Crippen LogP contribution < -0.4 is 0 Å². The van der Waals surface area contributed by atoms with Gasteiger partial charge < -0.3 is 9.47 Å². The number of aromatic nitrogens is 1. The van der Waals surface area contributed by atoms with E-state index in [9.17, 15) is 4.79 Å². The second kappa shape index (κ2) is 7.64. The first-order valence-corrected chi connectivity index (χ1v) is 11.3. The molecular weight excluding hydrogens is 358 g/mol.